The van der Waals surface area contributed by atoms with Crippen molar-refractivity contribution in [1.82, 2.24) is 5.32 Å². The zero-order valence-electron chi connectivity index (χ0n) is 20.9. The first-order chi connectivity index (χ1) is 17.2. The Kier molecular flexibility index (Phi) is 9.23. The van der Waals surface area contributed by atoms with E-state index in [1.54, 1.807) is 63.6 Å². The molecule has 3 rings (SSSR count). The van der Waals surface area contributed by atoms with Gasteiger partial charge in [-0.05, 0) is 74.2 Å². The molecule has 192 valence electrons. The summed E-state index contributed by atoms with van der Waals surface area (Å²) in [6.45, 7) is 3.63. The molecule has 0 saturated heterocycles. The van der Waals surface area contributed by atoms with Crippen molar-refractivity contribution in [1.29, 1.82) is 0 Å². The summed E-state index contributed by atoms with van der Waals surface area (Å²) in [7, 11) is -0.838. The fourth-order valence-corrected chi connectivity index (χ4v) is 5.39. The number of nitrogens with one attached hydrogen (secondary N) is 1. The topological polar surface area (TPSA) is 84.9 Å². The molecule has 36 heavy (non-hydrogen) atoms. The highest BCUT2D eigenvalue weighted by Gasteiger charge is 2.28. The SMILES string of the molecule is COc1ccc(CCCNC(=O)CN(c2cccc(Cl)c2C)S(=O)(=O)c2ccc(C)cc2)cc1OC. The molecule has 9 heteroatoms. The molecule has 7 nitrogen and oxygen atoms in total. The van der Waals surface area contributed by atoms with Crippen LogP contribution in [0.1, 0.15) is 23.1 Å². The number of ether oxygens (including phenoxy) is 2. The Morgan fingerprint density at radius 3 is 2.33 bits per heavy atom. The third kappa shape index (κ3) is 6.50. The summed E-state index contributed by atoms with van der Waals surface area (Å²) >= 11 is 6.27. The Bertz CT molecular complexity index is 1310. The summed E-state index contributed by atoms with van der Waals surface area (Å²) in [6, 6.07) is 17.2. The van der Waals surface area contributed by atoms with Gasteiger partial charge >= 0.3 is 0 Å². The van der Waals surface area contributed by atoms with Gasteiger partial charge in [-0.3, -0.25) is 9.10 Å². The van der Waals surface area contributed by atoms with Gasteiger partial charge in [0.05, 0.1) is 24.8 Å². The van der Waals surface area contributed by atoms with Crippen molar-refractivity contribution < 1.29 is 22.7 Å². The van der Waals surface area contributed by atoms with E-state index < -0.39 is 15.9 Å². The molecular formula is C27H31ClN2O5S. The second-order valence-corrected chi connectivity index (χ2v) is 10.6. The Hall–Kier alpha value is -3.23. The van der Waals surface area contributed by atoms with E-state index in [2.05, 4.69) is 5.32 Å². The molecule has 0 heterocycles. The lowest BCUT2D eigenvalue weighted by Gasteiger charge is -2.26. The van der Waals surface area contributed by atoms with Crippen LogP contribution in [-0.2, 0) is 21.2 Å². The number of halogens is 1. The van der Waals surface area contributed by atoms with Crippen LogP contribution in [0.5, 0.6) is 11.5 Å². The Morgan fingerprint density at radius 2 is 1.67 bits per heavy atom. The highest BCUT2D eigenvalue weighted by atomic mass is 35.5. The van der Waals surface area contributed by atoms with Gasteiger partial charge in [0.25, 0.3) is 10.0 Å². The number of nitrogens with zero attached hydrogens (tertiary/aromatic N) is 1. The normalized spacial score (nSPS) is 11.1. The van der Waals surface area contributed by atoms with Crippen LogP contribution in [0.4, 0.5) is 5.69 Å². The van der Waals surface area contributed by atoms with Gasteiger partial charge in [0.1, 0.15) is 6.54 Å². The van der Waals surface area contributed by atoms with Crippen molar-refractivity contribution in [3.63, 3.8) is 0 Å². The van der Waals surface area contributed by atoms with Crippen LogP contribution in [0.3, 0.4) is 0 Å². The number of rotatable bonds is 11. The Morgan fingerprint density at radius 1 is 0.972 bits per heavy atom. The van der Waals surface area contributed by atoms with Crippen molar-refractivity contribution >= 4 is 33.2 Å². The van der Waals surface area contributed by atoms with Crippen molar-refractivity contribution in [2.24, 2.45) is 0 Å². The summed E-state index contributed by atoms with van der Waals surface area (Å²) in [5, 5.41) is 3.26. The molecule has 0 aliphatic rings. The molecule has 0 aliphatic heterocycles. The fourth-order valence-electron chi connectivity index (χ4n) is 3.75. The molecule has 0 unspecified atom stereocenters. The van der Waals surface area contributed by atoms with E-state index in [-0.39, 0.29) is 11.4 Å². The van der Waals surface area contributed by atoms with Crippen LogP contribution in [0.2, 0.25) is 5.02 Å². The molecule has 0 spiro atoms. The van der Waals surface area contributed by atoms with Gasteiger partial charge in [-0.15, -0.1) is 0 Å². The summed E-state index contributed by atoms with van der Waals surface area (Å²) in [5.41, 5.74) is 2.92. The Balaban J connectivity index is 1.72. The second kappa shape index (κ2) is 12.1. The minimum atomic E-state index is -4.01. The lowest BCUT2D eigenvalue weighted by molar-refractivity contribution is -0.119. The zero-order valence-corrected chi connectivity index (χ0v) is 22.4. The number of hydrogen-bond donors (Lipinski definition) is 1. The van der Waals surface area contributed by atoms with Crippen molar-refractivity contribution in [3.8, 4) is 11.5 Å². The van der Waals surface area contributed by atoms with E-state index in [1.807, 2.05) is 25.1 Å². The van der Waals surface area contributed by atoms with Crippen LogP contribution < -0.4 is 19.1 Å². The van der Waals surface area contributed by atoms with Crippen LogP contribution in [-0.4, -0.2) is 41.6 Å². The first-order valence-electron chi connectivity index (χ1n) is 11.5. The summed E-state index contributed by atoms with van der Waals surface area (Å²) in [6.07, 6.45) is 1.38. The Labute approximate surface area is 218 Å². The largest absolute Gasteiger partial charge is 0.493 e. The second-order valence-electron chi connectivity index (χ2n) is 8.35. The number of anilines is 1. The molecule has 1 amide bonds. The molecule has 0 radical (unpaired) electrons. The third-order valence-corrected chi connectivity index (χ3v) is 8.00. The van der Waals surface area contributed by atoms with Gasteiger partial charge in [-0.25, -0.2) is 8.42 Å². The van der Waals surface area contributed by atoms with Gasteiger partial charge in [0.15, 0.2) is 11.5 Å². The predicted octanol–water partition coefficient (Wildman–Crippen LogP) is 4.92. The first kappa shape index (κ1) is 27.4. The molecule has 0 aromatic heterocycles. The molecule has 0 aliphatic carbocycles. The van der Waals surface area contributed by atoms with Crippen LogP contribution >= 0.6 is 11.6 Å². The number of benzene rings is 3. The number of amides is 1. The van der Waals surface area contributed by atoms with E-state index in [1.165, 1.54) is 0 Å². The number of aryl methyl sites for hydroxylation is 2. The van der Waals surface area contributed by atoms with E-state index in [0.29, 0.717) is 47.2 Å². The standard InChI is InChI=1S/C27H31ClN2O5S/c1-19-10-13-22(14-11-19)36(32,33)30(24-9-5-8-23(28)20(24)2)18-27(31)29-16-6-7-21-12-15-25(34-3)26(17-21)35-4/h5,8-15,17H,6-7,16,18H2,1-4H3,(H,29,31). The van der Waals surface area contributed by atoms with Crippen molar-refractivity contribution in [2.45, 2.75) is 31.6 Å². The molecule has 0 fully saturated rings. The summed E-state index contributed by atoms with van der Waals surface area (Å²) in [4.78, 5) is 13.0. The van der Waals surface area contributed by atoms with Gasteiger partial charge < -0.3 is 14.8 Å². The first-order valence-corrected chi connectivity index (χ1v) is 13.3. The molecular weight excluding hydrogens is 500 g/mol. The average molecular weight is 531 g/mol. The molecule has 0 bridgehead atoms. The maximum Gasteiger partial charge on any atom is 0.264 e. The smallest absolute Gasteiger partial charge is 0.264 e. The number of sulfonamides is 1. The lowest BCUT2D eigenvalue weighted by Crippen LogP contribution is -2.41. The lowest BCUT2D eigenvalue weighted by atomic mass is 10.1. The molecule has 3 aromatic carbocycles. The number of carbonyl (C=O) groups excluding carboxylic acids is 1. The minimum Gasteiger partial charge on any atom is -0.493 e. The maximum absolute atomic E-state index is 13.6. The third-order valence-electron chi connectivity index (χ3n) is 5.82. The van der Waals surface area contributed by atoms with E-state index in [0.717, 1.165) is 15.4 Å². The molecule has 1 N–H and O–H groups in total. The molecule has 0 atom stereocenters. The van der Waals surface area contributed by atoms with E-state index in [9.17, 15) is 13.2 Å². The molecule has 0 saturated carbocycles. The van der Waals surface area contributed by atoms with E-state index in [4.69, 9.17) is 21.1 Å². The van der Waals surface area contributed by atoms with Crippen LogP contribution in [0.15, 0.2) is 65.6 Å². The van der Waals surface area contributed by atoms with Crippen LogP contribution in [0.25, 0.3) is 0 Å². The zero-order chi connectivity index (χ0) is 26.3. The quantitative estimate of drug-likeness (QED) is 0.356. The van der Waals surface area contributed by atoms with Gasteiger partial charge in [0, 0.05) is 11.6 Å². The maximum atomic E-state index is 13.6. The summed E-state index contributed by atoms with van der Waals surface area (Å²) < 4.78 is 38.8. The molecule has 3 aromatic rings. The van der Waals surface area contributed by atoms with Gasteiger partial charge in [-0.1, -0.05) is 41.4 Å². The minimum absolute atomic E-state index is 0.105. The monoisotopic (exact) mass is 530 g/mol. The number of hydrogen-bond acceptors (Lipinski definition) is 5. The van der Waals surface area contributed by atoms with Crippen molar-refractivity contribution in [3.05, 3.63) is 82.4 Å². The van der Waals surface area contributed by atoms with E-state index >= 15 is 0 Å². The van der Waals surface area contributed by atoms with Gasteiger partial charge in [0.2, 0.25) is 5.91 Å². The highest BCUT2D eigenvalue weighted by molar-refractivity contribution is 7.92. The summed E-state index contributed by atoms with van der Waals surface area (Å²) in [5.74, 6) is 0.894. The van der Waals surface area contributed by atoms with Crippen molar-refractivity contribution in [2.75, 3.05) is 31.6 Å². The van der Waals surface area contributed by atoms with Crippen LogP contribution in [0, 0.1) is 13.8 Å². The fraction of sp³-hybridized carbons (Fsp3) is 0.296. The highest BCUT2D eigenvalue weighted by Crippen LogP contribution is 2.31. The number of carbonyl (C=O) groups is 1. The predicted molar refractivity (Wildman–Crippen MR) is 143 cm³/mol. The van der Waals surface area contributed by atoms with Gasteiger partial charge in [-0.2, -0.15) is 0 Å². The average Bonchev–Trinajstić information content (AvgIpc) is 2.87. The number of methoxy groups -OCH3 is 2.